The third kappa shape index (κ3) is 2.68. The highest BCUT2D eigenvalue weighted by Gasteiger charge is 2.68. The van der Waals surface area contributed by atoms with E-state index in [0.717, 1.165) is 44.9 Å². The Balaban J connectivity index is 1.56. The number of thioether (sulfide) groups is 1. The minimum Gasteiger partial charge on any atom is -0.458 e. The monoisotopic (exact) mass is 416 g/mol. The maximum absolute atomic E-state index is 12.2. The summed E-state index contributed by atoms with van der Waals surface area (Å²) < 4.78 is 6.06. The van der Waals surface area contributed by atoms with Gasteiger partial charge in [-0.25, -0.2) is 0 Å². The number of allylic oxidation sites excluding steroid dienone is 1. The van der Waals surface area contributed by atoms with E-state index in [1.165, 1.54) is 17.3 Å². The molecule has 5 rings (SSSR count). The van der Waals surface area contributed by atoms with E-state index in [0.29, 0.717) is 30.6 Å². The van der Waals surface area contributed by atoms with Crippen LogP contribution in [-0.4, -0.2) is 27.7 Å². The van der Waals surface area contributed by atoms with Crippen LogP contribution in [0, 0.1) is 28.6 Å². The fourth-order valence-corrected chi connectivity index (χ4v) is 9.36. The number of hydrogen-bond acceptors (Lipinski definition) is 5. The van der Waals surface area contributed by atoms with E-state index in [1.54, 1.807) is 6.92 Å². The van der Waals surface area contributed by atoms with Gasteiger partial charge in [0, 0.05) is 30.4 Å². The Morgan fingerprint density at radius 3 is 2.52 bits per heavy atom. The van der Waals surface area contributed by atoms with Crippen LogP contribution in [0.25, 0.3) is 0 Å². The summed E-state index contributed by atoms with van der Waals surface area (Å²) >= 11 is 1.50. The maximum Gasteiger partial charge on any atom is 0.306 e. The zero-order chi connectivity index (χ0) is 20.6. The highest BCUT2D eigenvalue weighted by molar-refractivity contribution is 8.14. The molecule has 7 atom stereocenters. The number of ketones is 1. The summed E-state index contributed by atoms with van der Waals surface area (Å²) in [6.07, 6.45) is 10.0. The average Bonchev–Trinajstić information content (AvgIpc) is 3.17. The first kappa shape index (κ1) is 19.8. The van der Waals surface area contributed by atoms with Crippen molar-refractivity contribution in [3.8, 4) is 0 Å². The third-order valence-electron chi connectivity index (χ3n) is 9.61. The van der Waals surface area contributed by atoms with Gasteiger partial charge >= 0.3 is 5.97 Å². The summed E-state index contributed by atoms with van der Waals surface area (Å²) in [7, 11) is 0. The van der Waals surface area contributed by atoms with E-state index in [9.17, 15) is 14.4 Å². The number of ether oxygens (including phenoxy) is 1. The summed E-state index contributed by atoms with van der Waals surface area (Å²) in [6, 6.07) is 0. The predicted octanol–water partition coefficient (Wildman–Crippen LogP) is 4.85. The lowest BCUT2D eigenvalue weighted by Crippen LogP contribution is -2.57. The molecule has 1 spiro atoms. The highest BCUT2D eigenvalue weighted by atomic mass is 32.2. The fraction of sp³-hybridized carbons (Fsp3) is 0.792. The summed E-state index contributed by atoms with van der Waals surface area (Å²) in [5, 5.41) is 0.409. The van der Waals surface area contributed by atoms with E-state index >= 15 is 0 Å². The molecular weight excluding hydrogens is 384 g/mol. The van der Waals surface area contributed by atoms with Gasteiger partial charge in [-0.05, 0) is 74.2 Å². The molecule has 5 aliphatic rings. The summed E-state index contributed by atoms with van der Waals surface area (Å²) in [5.74, 6) is 1.67. The molecule has 5 heteroatoms. The predicted molar refractivity (Wildman–Crippen MR) is 112 cm³/mol. The van der Waals surface area contributed by atoms with Gasteiger partial charge in [0.25, 0.3) is 0 Å². The molecule has 0 aromatic heterocycles. The molecule has 4 nitrogen and oxygen atoms in total. The van der Waals surface area contributed by atoms with Crippen LogP contribution in [0.15, 0.2) is 11.6 Å². The van der Waals surface area contributed by atoms with Gasteiger partial charge < -0.3 is 4.74 Å². The Bertz CT molecular complexity index is 818. The van der Waals surface area contributed by atoms with Crippen LogP contribution in [-0.2, 0) is 19.1 Å². The molecule has 0 aromatic carbocycles. The van der Waals surface area contributed by atoms with Gasteiger partial charge in [-0.2, -0.15) is 0 Å². The number of carbonyl (C=O) groups excluding carboxylic acids is 3. The molecule has 0 bridgehead atoms. The van der Waals surface area contributed by atoms with E-state index in [4.69, 9.17) is 4.74 Å². The van der Waals surface area contributed by atoms with Gasteiger partial charge in [0.1, 0.15) is 5.60 Å². The van der Waals surface area contributed by atoms with Crippen molar-refractivity contribution in [1.82, 2.24) is 0 Å². The molecule has 1 aliphatic heterocycles. The lowest BCUT2D eigenvalue weighted by Gasteiger charge is -2.61. The maximum atomic E-state index is 12.2. The topological polar surface area (TPSA) is 60.4 Å². The van der Waals surface area contributed by atoms with Crippen molar-refractivity contribution >= 4 is 28.6 Å². The molecule has 1 heterocycles. The van der Waals surface area contributed by atoms with E-state index < -0.39 is 0 Å². The Labute approximate surface area is 177 Å². The summed E-state index contributed by atoms with van der Waals surface area (Å²) in [5.41, 5.74) is 1.09. The molecule has 0 amide bonds. The van der Waals surface area contributed by atoms with Crippen LogP contribution in [0.3, 0.4) is 0 Å². The third-order valence-corrected chi connectivity index (χ3v) is 10.7. The fourth-order valence-electron chi connectivity index (χ4n) is 8.13. The van der Waals surface area contributed by atoms with Crippen LogP contribution in [0.5, 0.6) is 0 Å². The number of rotatable bonds is 1. The van der Waals surface area contributed by atoms with Crippen LogP contribution in [0.2, 0.25) is 0 Å². The standard InChI is InChI=1S/C24H32O4S/c1-14(25)29-19-13-15-12-16(26)4-8-22(15,2)17-5-9-23(3)18(21(17)19)6-10-24(23)11-7-20(27)28-24/h12,17-19,21H,4-11,13H2,1-3H3/t17-,18-,19-,21+,22+,23+,24-/m0/s1. The van der Waals surface area contributed by atoms with Crippen LogP contribution in [0.4, 0.5) is 0 Å². The minimum absolute atomic E-state index is 0.0119. The highest BCUT2D eigenvalue weighted by Crippen LogP contribution is 2.70. The molecule has 29 heavy (non-hydrogen) atoms. The molecule has 4 aliphatic carbocycles. The van der Waals surface area contributed by atoms with Crippen LogP contribution < -0.4 is 0 Å². The second-order valence-electron chi connectivity index (χ2n) is 10.7. The number of esters is 1. The zero-order valence-corrected chi connectivity index (χ0v) is 18.6. The van der Waals surface area contributed by atoms with E-state index in [1.807, 2.05) is 6.08 Å². The zero-order valence-electron chi connectivity index (χ0n) is 17.8. The first-order valence-electron chi connectivity index (χ1n) is 11.3. The molecule has 1 saturated heterocycles. The normalized spacial score (nSPS) is 48.6. The summed E-state index contributed by atoms with van der Waals surface area (Å²) in [6.45, 7) is 6.42. The molecule has 0 unspecified atom stereocenters. The van der Waals surface area contributed by atoms with Gasteiger partial charge in [0.05, 0.1) is 0 Å². The Hall–Kier alpha value is -1.10. The SMILES string of the molecule is CC(=O)S[C@H]1CC2=CC(=O)CC[C@@]2(C)[C@H]2CC[C@]3(C)[C@@H](CC[C@]34CCC(=O)O4)[C@H]12. The lowest BCUT2D eigenvalue weighted by atomic mass is 9.46. The first-order valence-corrected chi connectivity index (χ1v) is 12.2. The molecule has 0 aromatic rings. The summed E-state index contributed by atoms with van der Waals surface area (Å²) in [4.78, 5) is 36.4. The quantitative estimate of drug-likeness (QED) is 0.572. The number of hydrogen-bond donors (Lipinski definition) is 0. The lowest BCUT2D eigenvalue weighted by molar-refractivity contribution is -0.167. The van der Waals surface area contributed by atoms with Crippen LogP contribution >= 0.6 is 11.8 Å². The van der Waals surface area contributed by atoms with Crippen molar-refractivity contribution in [2.45, 2.75) is 89.4 Å². The first-order chi connectivity index (χ1) is 13.7. The number of carbonyl (C=O) groups is 3. The van der Waals surface area contributed by atoms with Crippen molar-refractivity contribution in [1.29, 1.82) is 0 Å². The molecule has 4 fully saturated rings. The Kier molecular flexibility index (Phi) is 4.41. The largest absolute Gasteiger partial charge is 0.458 e. The van der Waals surface area contributed by atoms with Crippen molar-refractivity contribution in [2.24, 2.45) is 28.6 Å². The molecule has 3 saturated carbocycles. The van der Waals surface area contributed by atoms with Gasteiger partial charge in [-0.1, -0.05) is 31.2 Å². The van der Waals surface area contributed by atoms with Gasteiger partial charge in [-0.15, -0.1) is 0 Å². The van der Waals surface area contributed by atoms with Gasteiger partial charge in [0.15, 0.2) is 10.9 Å². The number of fused-ring (bicyclic) bond motifs is 6. The molecule has 158 valence electrons. The second kappa shape index (κ2) is 6.45. The van der Waals surface area contributed by atoms with Crippen molar-refractivity contribution in [3.63, 3.8) is 0 Å². The van der Waals surface area contributed by atoms with E-state index in [2.05, 4.69) is 13.8 Å². The molecule has 0 N–H and O–H groups in total. The smallest absolute Gasteiger partial charge is 0.306 e. The Morgan fingerprint density at radius 2 is 1.83 bits per heavy atom. The van der Waals surface area contributed by atoms with Crippen molar-refractivity contribution in [3.05, 3.63) is 11.6 Å². The minimum atomic E-state index is -0.287. The molecular formula is C24H32O4S. The average molecular weight is 417 g/mol. The van der Waals surface area contributed by atoms with Gasteiger partial charge in [0.2, 0.25) is 0 Å². The molecule has 0 radical (unpaired) electrons. The van der Waals surface area contributed by atoms with Crippen LogP contribution in [0.1, 0.15) is 78.6 Å². The van der Waals surface area contributed by atoms with Crippen molar-refractivity contribution in [2.75, 3.05) is 0 Å². The van der Waals surface area contributed by atoms with E-state index in [-0.39, 0.29) is 38.5 Å². The second-order valence-corrected chi connectivity index (χ2v) is 12.1. The Morgan fingerprint density at radius 1 is 1.07 bits per heavy atom. The van der Waals surface area contributed by atoms with Crippen molar-refractivity contribution < 1.29 is 19.1 Å². The van der Waals surface area contributed by atoms with Gasteiger partial charge in [-0.3, -0.25) is 14.4 Å².